The molecular weight excluding hydrogens is 270 g/mol. The lowest BCUT2D eigenvalue weighted by Gasteiger charge is -2.20. The van der Waals surface area contributed by atoms with Crippen molar-refractivity contribution in [1.82, 2.24) is 0 Å². The molecule has 1 aromatic rings. The smallest absolute Gasteiger partial charge is 0.412 e. The van der Waals surface area contributed by atoms with Gasteiger partial charge in [0.2, 0.25) is 0 Å². The lowest BCUT2D eigenvalue weighted by atomic mass is 10.2. The van der Waals surface area contributed by atoms with Gasteiger partial charge in [-0.3, -0.25) is 5.32 Å². The topological polar surface area (TPSA) is 38.3 Å². The second-order valence-electron chi connectivity index (χ2n) is 4.61. The van der Waals surface area contributed by atoms with Gasteiger partial charge in [-0.25, -0.2) is 4.79 Å². The number of carbonyl (C=O) groups excluding carboxylic acids is 1. The van der Waals surface area contributed by atoms with E-state index in [-0.39, 0.29) is 0 Å². The van der Waals surface area contributed by atoms with Gasteiger partial charge in [0.15, 0.2) is 0 Å². The van der Waals surface area contributed by atoms with Gasteiger partial charge in [-0.2, -0.15) is 0 Å². The molecule has 1 N–H and O–H groups in total. The predicted molar refractivity (Wildman–Crippen MR) is 68.7 cm³/mol. The molecule has 1 aromatic carbocycles. The Balaban J connectivity index is 2.73. The minimum Gasteiger partial charge on any atom is -0.444 e. The van der Waals surface area contributed by atoms with E-state index >= 15 is 0 Å². The number of carbonyl (C=O) groups is 1. The quantitative estimate of drug-likeness (QED) is 0.843. The molecule has 0 saturated heterocycles. The van der Waals surface area contributed by atoms with Crippen LogP contribution in [0, 0.1) is 6.92 Å². The molecule has 4 heteroatoms. The molecule has 0 unspecified atom stereocenters. The Bertz CT molecular complexity index is 396. The number of hydrogen-bond donors (Lipinski definition) is 1. The van der Waals surface area contributed by atoms with E-state index in [4.69, 9.17) is 4.74 Å². The average Bonchev–Trinajstić information content (AvgIpc) is 2.08. The summed E-state index contributed by atoms with van der Waals surface area (Å²) in [5.74, 6) is 0. The first-order chi connectivity index (χ1) is 7.28. The van der Waals surface area contributed by atoms with Crippen LogP contribution in [0.1, 0.15) is 26.3 Å². The van der Waals surface area contributed by atoms with Gasteiger partial charge in [0.25, 0.3) is 0 Å². The molecule has 0 spiro atoms. The summed E-state index contributed by atoms with van der Waals surface area (Å²) in [4.78, 5) is 11.5. The highest BCUT2D eigenvalue weighted by atomic mass is 79.9. The van der Waals surface area contributed by atoms with Crippen molar-refractivity contribution in [3.05, 3.63) is 28.2 Å². The molecule has 0 atom stereocenters. The largest absolute Gasteiger partial charge is 0.444 e. The van der Waals surface area contributed by atoms with Crippen LogP contribution in [0.4, 0.5) is 10.5 Å². The molecule has 0 aliphatic carbocycles. The summed E-state index contributed by atoms with van der Waals surface area (Å²) in [7, 11) is 0. The third-order valence-corrected chi connectivity index (χ3v) is 2.45. The van der Waals surface area contributed by atoms with E-state index in [9.17, 15) is 4.79 Å². The SMILES string of the molecule is Cc1ccc(Br)c(NC(=O)OC(C)(C)C)c1. The number of halogens is 1. The second-order valence-corrected chi connectivity index (χ2v) is 5.46. The van der Waals surface area contributed by atoms with Crippen molar-refractivity contribution in [1.29, 1.82) is 0 Å². The van der Waals surface area contributed by atoms with Crippen LogP contribution < -0.4 is 5.32 Å². The molecule has 0 aromatic heterocycles. The van der Waals surface area contributed by atoms with Gasteiger partial charge in [0.05, 0.1) is 5.69 Å². The fraction of sp³-hybridized carbons (Fsp3) is 0.417. The van der Waals surface area contributed by atoms with Gasteiger partial charge < -0.3 is 4.74 Å². The molecule has 0 radical (unpaired) electrons. The van der Waals surface area contributed by atoms with Crippen LogP contribution in [0.25, 0.3) is 0 Å². The van der Waals surface area contributed by atoms with Crippen LogP contribution in [-0.4, -0.2) is 11.7 Å². The Labute approximate surface area is 104 Å². The Morgan fingerprint density at radius 1 is 1.38 bits per heavy atom. The molecule has 88 valence electrons. The lowest BCUT2D eigenvalue weighted by molar-refractivity contribution is 0.0636. The number of nitrogens with one attached hydrogen (secondary N) is 1. The van der Waals surface area contributed by atoms with Crippen LogP contribution in [0.15, 0.2) is 22.7 Å². The Morgan fingerprint density at radius 3 is 2.56 bits per heavy atom. The number of anilines is 1. The molecule has 0 bridgehead atoms. The van der Waals surface area contributed by atoms with Gasteiger partial charge in [0.1, 0.15) is 5.60 Å². The first-order valence-electron chi connectivity index (χ1n) is 5.04. The number of ether oxygens (including phenoxy) is 1. The summed E-state index contributed by atoms with van der Waals surface area (Å²) in [6.07, 6.45) is -0.446. The standard InChI is InChI=1S/C12H16BrNO2/c1-8-5-6-9(13)10(7-8)14-11(15)16-12(2,3)4/h5-7H,1-4H3,(H,14,15). The summed E-state index contributed by atoms with van der Waals surface area (Å²) < 4.78 is 6.00. The number of amides is 1. The van der Waals surface area contributed by atoms with E-state index in [1.165, 1.54) is 0 Å². The van der Waals surface area contributed by atoms with Crippen molar-refractivity contribution in [3.63, 3.8) is 0 Å². The van der Waals surface area contributed by atoms with E-state index in [2.05, 4.69) is 21.2 Å². The number of rotatable bonds is 1. The van der Waals surface area contributed by atoms with Crippen LogP contribution in [0.5, 0.6) is 0 Å². The number of benzene rings is 1. The van der Waals surface area contributed by atoms with Gasteiger partial charge >= 0.3 is 6.09 Å². The second kappa shape index (κ2) is 4.87. The zero-order valence-electron chi connectivity index (χ0n) is 9.93. The Kier molecular flexibility index (Phi) is 3.97. The van der Waals surface area contributed by atoms with Gasteiger partial charge in [-0.15, -0.1) is 0 Å². The molecule has 16 heavy (non-hydrogen) atoms. The zero-order valence-corrected chi connectivity index (χ0v) is 11.5. The van der Waals surface area contributed by atoms with Gasteiger partial charge in [0, 0.05) is 4.47 Å². The molecule has 0 aliphatic rings. The van der Waals surface area contributed by atoms with E-state index in [1.54, 1.807) is 0 Å². The van der Waals surface area contributed by atoms with Crippen molar-refractivity contribution >= 4 is 27.7 Å². The zero-order chi connectivity index (χ0) is 12.3. The highest BCUT2D eigenvalue weighted by Gasteiger charge is 2.16. The predicted octanol–water partition coefficient (Wildman–Crippen LogP) is 4.10. The highest BCUT2D eigenvalue weighted by molar-refractivity contribution is 9.10. The monoisotopic (exact) mass is 285 g/mol. The molecule has 0 saturated carbocycles. The highest BCUT2D eigenvalue weighted by Crippen LogP contribution is 2.23. The summed E-state index contributed by atoms with van der Waals surface area (Å²) in [6, 6.07) is 5.74. The molecule has 0 heterocycles. The van der Waals surface area contributed by atoms with E-state index in [0.29, 0.717) is 5.69 Å². The Hall–Kier alpha value is -1.03. The molecule has 0 fully saturated rings. The Morgan fingerprint density at radius 2 is 2.00 bits per heavy atom. The maximum absolute atomic E-state index is 11.5. The van der Waals surface area contributed by atoms with E-state index in [1.807, 2.05) is 45.9 Å². The van der Waals surface area contributed by atoms with Crippen molar-refractivity contribution in [2.45, 2.75) is 33.3 Å². The molecule has 0 aliphatic heterocycles. The molecule has 3 nitrogen and oxygen atoms in total. The molecule has 1 amide bonds. The maximum Gasteiger partial charge on any atom is 0.412 e. The van der Waals surface area contributed by atoms with E-state index in [0.717, 1.165) is 10.0 Å². The summed E-state index contributed by atoms with van der Waals surface area (Å²) >= 11 is 3.37. The third kappa shape index (κ3) is 4.23. The number of aryl methyl sites for hydroxylation is 1. The van der Waals surface area contributed by atoms with E-state index < -0.39 is 11.7 Å². The number of hydrogen-bond acceptors (Lipinski definition) is 2. The third-order valence-electron chi connectivity index (χ3n) is 1.76. The molecule has 1 rings (SSSR count). The fourth-order valence-electron chi connectivity index (χ4n) is 1.15. The van der Waals surface area contributed by atoms with Crippen LogP contribution in [-0.2, 0) is 4.74 Å². The minimum atomic E-state index is -0.486. The fourth-order valence-corrected chi connectivity index (χ4v) is 1.49. The van der Waals surface area contributed by atoms with Gasteiger partial charge in [-0.05, 0) is 61.3 Å². The van der Waals surface area contributed by atoms with Crippen LogP contribution >= 0.6 is 15.9 Å². The normalized spacial score (nSPS) is 11.1. The first kappa shape index (κ1) is 13.0. The van der Waals surface area contributed by atoms with Crippen molar-refractivity contribution < 1.29 is 9.53 Å². The minimum absolute atomic E-state index is 0.446. The average molecular weight is 286 g/mol. The van der Waals surface area contributed by atoms with Crippen LogP contribution in [0.2, 0.25) is 0 Å². The van der Waals surface area contributed by atoms with Gasteiger partial charge in [-0.1, -0.05) is 6.07 Å². The first-order valence-corrected chi connectivity index (χ1v) is 5.83. The van der Waals surface area contributed by atoms with Crippen LogP contribution in [0.3, 0.4) is 0 Å². The lowest BCUT2D eigenvalue weighted by Crippen LogP contribution is -2.27. The van der Waals surface area contributed by atoms with Crippen molar-refractivity contribution in [2.24, 2.45) is 0 Å². The summed E-state index contributed by atoms with van der Waals surface area (Å²) in [6.45, 7) is 7.46. The summed E-state index contributed by atoms with van der Waals surface area (Å²) in [5.41, 5.74) is 1.31. The maximum atomic E-state index is 11.5. The van der Waals surface area contributed by atoms with Crippen molar-refractivity contribution in [3.8, 4) is 0 Å². The molecular formula is C12H16BrNO2. The van der Waals surface area contributed by atoms with Crippen molar-refractivity contribution in [2.75, 3.05) is 5.32 Å². The summed E-state index contributed by atoms with van der Waals surface area (Å²) in [5, 5.41) is 2.70.